The maximum atomic E-state index is 9.98. The number of aliphatic hydroxyl groups is 1. The van der Waals surface area contributed by atoms with Crippen LogP contribution < -0.4 is 5.32 Å². The van der Waals surface area contributed by atoms with Crippen LogP contribution in [-0.2, 0) is 0 Å². The first kappa shape index (κ1) is 12.6. The zero-order valence-corrected chi connectivity index (χ0v) is 11.0. The van der Waals surface area contributed by atoms with Crippen molar-refractivity contribution < 1.29 is 5.11 Å². The molecule has 4 nitrogen and oxygen atoms in total. The van der Waals surface area contributed by atoms with Crippen molar-refractivity contribution in [3.8, 4) is 0 Å². The molecule has 0 aliphatic heterocycles. The van der Waals surface area contributed by atoms with Crippen LogP contribution >= 0.6 is 11.6 Å². The molecule has 1 fully saturated rings. The lowest BCUT2D eigenvalue weighted by atomic mass is 9.80. The Morgan fingerprint density at radius 1 is 1.47 bits per heavy atom. The first-order chi connectivity index (χ1) is 7.98. The Kier molecular flexibility index (Phi) is 3.54. The normalized spacial score (nSPS) is 17.9. The third-order valence-electron chi connectivity index (χ3n) is 3.11. The van der Waals surface area contributed by atoms with Gasteiger partial charge in [-0.05, 0) is 19.3 Å². The minimum absolute atomic E-state index is 0.237. The molecule has 17 heavy (non-hydrogen) atoms. The first-order valence-electron chi connectivity index (χ1n) is 5.99. The molecule has 1 aliphatic rings. The van der Waals surface area contributed by atoms with E-state index < -0.39 is 5.60 Å². The van der Waals surface area contributed by atoms with E-state index in [-0.39, 0.29) is 5.92 Å². The van der Waals surface area contributed by atoms with E-state index >= 15 is 0 Å². The van der Waals surface area contributed by atoms with Gasteiger partial charge in [0.2, 0.25) is 0 Å². The standard InChI is InChI=1S/C12H18ClN3O/c1-8(2)11-15-9(13)6-10(16-11)14-7-12(17)4-3-5-12/h6,8,17H,3-5,7H2,1-2H3,(H,14,15,16). The highest BCUT2D eigenvalue weighted by Gasteiger charge is 2.34. The van der Waals surface area contributed by atoms with E-state index in [2.05, 4.69) is 15.3 Å². The topological polar surface area (TPSA) is 58.0 Å². The molecule has 0 saturated heterocycles. The summed E-state index contributed by atoms with van der Waals surface area (Å²) in [5, 5.41) is 13.6. The molecule has 94 valence electrons. The zero-order valence-electron chi connectivity index (χ0n) is 10.2. The first-order valence-corrected chi connectivity index (χ1v) is 6.37. The van der Waals surface area contributed by atoms with Crippen LogP contribution in [0.25, 0.3) is 0 Å². The Morgan fingerprint density at radius 3 is 2.71 bits per heavy atom. The van der Waals surface area contributed by atoms with E-state index in [1.54, 1.807) is 6.07 Å². The summed E-state index contributed by atoms with van der Waals surface area (Å²) < 4.78 is 0. The fourth-order valence-electron chi connectivity index (χ4n) is 1.80. The smallest absolute Gasteiger partial charge is 0.135 e. The molecule has 1 saturated carbocycles. The highest BCUT2D eigenvalue weighted by molar-refractivity contribution is 6.29. The van der Waals surface area contributed by atoms with Crippen molar-refractivity contribution in [3.63, 3.8) is 0 Å². The SMILES string of the molecule is CC(C)c1nc(Cl)cc(NCC2(O)CCC2)n1. The van der Waals surface area contributed by atoms with Crippen molar-refractivity contribution >= 4 is 17.4 Å². The number of nitrogens with zero attached hydrogens (tertiary/aromatic N) is 2. The van der Waals surface area contributed by atoms with Gasteiger partial charge in [-0.1, -0.05) is 25.4 Å². The van der Waals surface area contributed by atoms with Gasteiger partial charge in [-0.25, -0.2) is 9.97 Å². The maximum absolute atomic E-state index is 9.98. The molecule has 0 atom stereocenters. The molecule has 0 spiro atoms. The third kappa shape index (κ3) is 3.07. The largest absolute Gasteiger partial charge is 0.388 e. The summed E-state index contributed by atoms with van der Waals surface area (Å²) in [5.74, 6) is 1.65. The van der Waals surface area contributed by atoms with E-state index in [4.69, 9.17) is 11.6 Å². The summed E-state index contributed by atoms with van der Waals surface area (Å²) in [6.07, 6.45) is 2.81. The maximum Gasteiger partial charge on any atom is 0.135 e. The Hall–Kier alpha value is -0.870. The lowest BCUT2D eigenvalue weighted by Gasteiger charge is -2.36. The number of halogens is 1. The number of hydrogen-bond donors (Lipinski definition) is 2. The van der Waals surface area contributed by atoms with E-state index in [0.29, 0.717) is 17.5 Å². The number of nitrogens with one attached hydrogen (secondary N) is 1. The monoisotopic (exact) mass is 255 g/mol. The molecule has 1 heterocycles. The molecule has 2 N–H and O–H groups in total. The van der Waals surface area contributed by atoms with E-state index in [9.17, 15) is 5.11 Å². The molecular weight excluding hydrogens is 238 g/mol. The van der Waals surface area contributed by atoms with E-state index in [1.165, 1.54) is 0 Å². The van der Waals surface area contributed by atoms with Gasteiger partial charge < -0.3 is 10.4 Å². The Morgan fingerprint density at radius 2 is 2.18 bits per heavy atom. The quantitative estimate of drug-likeness (QED) is 0.812. The minimum Gasteiger partial charge on any atom is -0.388 e. The second kappa shape index (κ2) is 4.78. The van der Waals surface area contributed by atoms with Crippen LogP contribution in [0.5, 0.6) is 0 Å². The lowest BCUT2D eigenvalue weighted by Crippen LogP contribution is -2.43. The average molecular weight is 256 g/mol. The second-order valence-electron chi connectivity index (χ2n) is 5.02. The molecule has 2 rings (SSSR count). The summed E-state index contributed by atoms with van der Waals surface area (Å²) in [7, 11) is 0. The van der Waals surface area contributed by atoms with Gasteiger partial charge in [0.15, 0.2) is 0 Å². The van der Waals surface area contributed by atoms with Gasteiger partial charge >= 0.3 is 0 Å². The fourth-order valence-corrected chi connectivity index (χ4v) is 1.99. The van der Waals surface area contributed by atoms with Crippen molar-refractivity contribution in [1.29, 1.82) is 0 Å². The van der Waals surface area contributed by atoms with Gasteiger partial charge in [0, 0.05) is 18.5 Å². The van der Waals surface area contributed by atoms with Crippen LogP contribution in [0.2, 0.25) is 5.15 Å². The van der Waals surface area contributed by atoms with Crippen molar-refractivity contribution in [2.24, 2.45) is 0 Å². The molecule has 5 heteroatoms. The average Bonchev–Trinajstić information content (AvgIpc) is 2.23. The molecule has 0 aromatic carbocycles. The molecule has 0 radical (unpaired) electrons. The van der Waals surface area contributed by atoms with Crippen LogP contribution in [0.3, 0.4) is 0 Å². The van der Waals surface area contributed by atoms with Crippen molar-refractivity contribution in [2.45, 2.75) is 44.6 Å². The summed E-state index contributed by atoms with van der Waals surface area (Å²) in [5.41, 5.74) is -0.560. The van der Waals surface area contributed by atoms with Crippen LogP contribution in [0, 0.1) is 0 Å². The van der Waals surface area contributed by atoms with Crippen LogP contribution in [0.15, 0.2) is 6.07 Å². The highest BCUT2D eigenvalue weighted by atomic mass is 35.5. The lowest BCUT2D eigenvalue weighted by molar-refractivity contribution is -0.0202. The van der Waals surface area contributed by atoms with Crippen molar-refractivity contribution in [3.05, 3.63) is 17.0 Å². The van der Waals surface area contributed by atoms with Gasteiger partial charge in [-0.15, -0.1) is 0 Å². The van der Waals surface area contributed by atoms with E-state index in [0.717, 1.165) is 25.1 Å². The number of rotatable bonds is 4. The van der Waals surface area contributed by atoms with Crippen molar-refractivity contribution in [1.82, 2.24) is 9.97 Å². The Balaban J connectivity index is 2.04. The van der Waals surface area contributed by atoms with Gasteiger partial charge in [0.25, 0.3) is 0 Å². The second-order valence-corrected chi connectivity index (χ2v) is 5.41. The van der Waals surface area contributed by atoms with Crippen LogP contribution in [0.4, 0.5) is 5.82 Å². The van der Waals surface area contributed by atoms with E-state index in [1.807, 2.05) is 13.8 Å². The molecule has 1 aromatic heterocycles. The molecule has 1 aromatic rings. The number of hydrogen-bond acceptors (Lipinski definition) is 4. The predicted molar refractivity (Wildman–Crippen MR) is 68.4 cm³/mol. The van der Waals surface area contributed by atoms with Crippen LogP contribution in [-0.4, -0.2) is 27.2 Å². The molecule has 1 aliphatic carbocycles. The fraction of sp³-hybridized carbons (Fsp3) is 0.667. The molecule has 0 bridgehead atoms. The third-order valence-corrected chi connectivity index (χ3v) is 3.31. The molecule has 0 unspecified atom stereocenters. The molecular formula is C12H18ClN3O. The highest BCUT2D eigenvalue weighted by Crippen LogP contribution is 2.31. The van der Waals surface area contributed by atoms with Crippen LogP contribution in [0.1, 0.15) is 44.9 Å². The predicted octanol–water partition coefficient (Wildman–Crippen LogP) is 2.58. The zero-order chi connectivity index (χ0) is 12.5. The summed E-state index contributed by atoms with van der Waals surface area (Å²) in [4.78, 5) is 8.54. The molecule has 0 amide bonds. The van der Waals surface area contributed by atoms with Gasteiger partial charge in [-0.3, -0.25) is 0 Å². The van der Waals surface area contributed by atoms with Crippen molar-refractivity contribution in [2.75, 3.05) is 11.9 Å². The summed E-state index contributed by atoms with van der Waals surface area (Å²) >= 11 is 5.94. The Bertz CT molecular complexity index is 405. The van der Waals surface area contributed by atoms with Gasteiger partial charge in [0.1, 0.15) is 16.8 Å². The Labute approximate surface area is 106 Å². The van der Waals surface area contributed by atoms with Gasteiger partial charge in [0.05, 0.1) is 5.60 Å². The summed E-state index contributed by atoms with van der Waals surface area (Å²) in [6.45, 7) is 4.57. The number of anilines is 1. The minimum atomic E-state index is -0.560. The van der Waals surface area contributed by atoms with Gasteiger partial charge in [-0.2, -0.15) is 0 Å². The number of aromatic nitrogens is 2. The summed E-state index contributed by atoms with van der Waals surface area (Å²) in [6, 6.07) is 1.69.